The molecule has 0 bridgehead atoms. The van der Waals surface area contributed by atoms with E-state index in [4.69, 9.17) is 9.26 Å². The van der Waals surface area contributed by atoms with Crippen LogP contribution in [0.1, 0.15) is 98.8 Å². The smallest absolute Gasteiger partial charge is 0.418 e. The van der Waals surface area contributed by atoms with Crippen molar-refractivity contribution in [3.8, 4) is 0 Å². The molecule has 1 aliphatic rings. The average Bonchev–Trinajstić information content (AvgIpc) is 3.78. The van der Waals surface area contributed by atoms with E-state index in [0.29, 0.717) is 24.1 Å². The normalized spacial score (nSPS) is 17.9. The van der Waals surface area contributed by atoms with E-state index in [1.54, 1.807) is 19.9 Å². The van der Waals surface area contributed by atoms with Crippen LogP contribution in [0.5, 0.6) is 0 Å². The van der Waals surface area contributed by atoms with Crippen LogP contribution in [0.15, 0.2) is 47.0 Å². The van der Waals surface area contributed by atoms with Crippen LogP contribution >= 0.6 is 0 Å². The minimum absolute atomic E-state index is 0.0344. The summed E-state index contributed by atoms with van der Waals surface area (Å²) in [5.74, 6) is -4.62. The van der Waals surface area contributed by atoms with Crippen molar-refractivity contribution in [2.45, 2.75) is 96.9 Å². The summed E-state index contributed by atoms with van der Waals surface area (Å²) in [5.41, 5.74) is -1.70. The van der Waals surface area contributed by atoms with Gasteiger partial charge in [0.1, 0.15) is 23.4 Å². The van der Waals surface area contributed by atoms with E-state index < -0.39 is 64.8 Å². The molecule has 2 aromatic heterocycles. The maximum atomic E-state index is 14.7. The van der Waals surface area contributed by atoms with Crippen LogP contribution in [0.2, 0.25) is 0 Å². The zero-order chi connectivity index (χ0) is 39.4. The SMILES string of the molecule is CCOC(=O)c1noc(C(NC(=O)C2(NC(=O)C(NC(=O)Cc3ccccc3F)C(C)CC)CCc3[nH]c4c(C(F)(F)F)cccc4c3C2)[C@@H](C)CC)n1. The maximum absolute atomic E-state index is 14.7. The molecule has 0 spiro atoms. The molecule has 1 aliphatic carbocycles. The van der Waals surface area contributed by atoms with Crippen LogP contribution in [-0.2, 0) is 44.6 Å². The lowest BCUT2D eigenvalue weighted by atomic mass is 9.78. The van der Waals surface area contributed by atoms with Crippen LogP contribution in [-0.4, -0.2) is 57.0 Å². The number of H-pyrrole nitrogens is 1. The Labute approximate surface area is 309 Å². The van der Waals surface area contributed by atoms with Crippen molar-refractivity contribution in [3.63, 3.8) is 0 Å². The first-order chi connectivity index (χ1) is 25.6. The molecule has 12 nitrogen and oxygen atoms in total. The van der Waals surface area contributed by atoms with Crippen molar-refractivity contribution in [2.24, 2.45) is 11.8 Å². The van der Waals surface area contributed by atoms with Crippen molar-refractivity contribution < 1.29 is 46.0 Å². The van der Waals surface area contributed by atoms with E-state index in [-0.39, 0.29) is 66.4 Å². The molecule has 0 fully saturated rings. The number of carbonyl (C=O) groups is 4. The third-order valence-electron chi connectivity index (χ3n) is 10.2. The van der Waals surface area contributed by atoms with Gasteiger partial charge in [-0.3, -0.25) is 14.4 Å². The first-order valence-corrected chi connectivity index (χ1v) is 18.0. The third-order valence-corrected chi connectivity index (χ3v) is 10.2. The molecule has 5 rings (SSSR count). The van der Waals surface area contributed by atoms with Gasteiger partial charge in [0.2, 0.25) is 23.6 Å². The fraction of sp³-hybridized carbons (Fsp3) is 0.474. The number of nitrogens with one attached hydrogen (secondary N) is 4. The molecule has 0 aliphatic heterocycles. The van der Waals surface area contributed by atoms with Gasteiger partial charge in [-0.25, -0.2) is 9.18 Å². The van der Waals surface area contributed by atoms with Gasteiger partial charge >= 0.3 is 12.1 Å². The Kier molecular flexibility index (Phi) is 12.1. The van der Waals surface area contributed by atoms with E-state index in [0.717, 1.165) is 6.07 Å². The molecule has 2 heterocycles. The highest BCUT2D eigenvalue weighted by Gasteiger charge is 2.47. The highest BCUT2D eigenvalue weighted by molar-refractivity contribution is 5.97. The number of rotatable bonds is 14. The van der Waals surface area contributed by atoms with Crippen molar-refractivity contribution in [2.75, 3.05) is 6.61 Å². The summed E-state index contributed by atoms with van der Waals surface area (Å²) < 4.78 is 66.9. The van der Waals surface area contributed by atoms with Gasteiger partial charge < -0.3 is 30.2 Å². The quantitative estimate of drug-likeness (QED) is 0.0911. The predicted octanol–water partition coefficient (Wildman–Crippen LogP) is 5.91. The van der Waals surface area contributed by atoms with E-state index >= 15 is 0 Å². The first kappa shape index (κ1) is 39.9. The second-order valence-electron chi connectivity index (χ2n) is 13.8. The number of fused-ring (bicyclic) bond motifs is 3. The molecule has 16 heteroatoms. The summed E-state index contributed by atoms with van der Waals surface area (Å²) in [5, 5.41) is 12.5. The number of ether oxygens (including phenoxy) is 1. The number of benzene rings is 2. The van der Waals surface area contributed by atoms with Crippen LogP contribution in [0.25, 0.3) is 10.9 Å². The molecular weight excluding hydrogens is 712 g/mol. The van der Waals surface area contributed by atoms with Gasteiger partial charge in [-0.1, -0.05) is 70.9 Å². The first-order valence-electron chi connectivity index (χ1n) is 18.0. The average molecular weight is 757 g/mol. The largest absolute Gasteiger partial charge is 0.460 e. The minimum atomic E-state index is -4.66. The summed E-state index contributed by atoms with van der Waals surface area (Å²) in [7, 11) is 0. The number of para-hydroxylation sites is 1. The summed E-state index contributed by atoms with van der Waals surface area (Å²) in [6.07, 6.45) is -4.19. The zero-order valence-corrected chi connectivity index (χ0v) is 30.7. The van der Waals surface area contributed by atoms with Gasteiger partial charge in [0.25, 0.3) is 5.82 Å². The summed E-state index contributed by atoms with van der Waals surface area (Å²) >= 11 is 0. The molecule has 4 aromatic rings. The van der Waals surface area contributed by atoms with Crippen LogP contribution in [0, 0.1) is 17.7 Å². The van der Waals surface area contributed by atoms with Gasteiger partial charge in [0, 0.05) is 17.5 Å². The summed E-state index contributed by atoms with van der Waals surface area (Å²) in [6, 6.07) is 7.45. The summed E-state index contributed by atoms with van der Waals surface area (Å²) in [4.78, 5) is 61.7. The highest BCUT2D eigenvalue weighted by atomic mass is 19.4. The number of halogens is 4. The number of hydrogen-bond acceptors (Lipinski definition) is 8. The number of aromatic nitrogens is 3. The Morgan fingerprint density at radius 2 is 1.72 bits per heavy atom. The lowest BCUT2D eigenvalue weighted by molar-refractivity contribution is -0.137. The minimum Gasteiger partial charge on any atom is -0.460 e. The number of carbonyl (C=O) groups excluding carboxylic acids is 4. The second kappa shape index (κ2) is 16.4. The van der Waals surface area contributed by atoms with Gasteiger partial charge in [-0.2, -0.15) is 18.2 Å². The van der Waals surface area contributed by atoms with Crippen molar-refractivity contribution in [1.82, 2.24) is 31.1 Å². The molecule has 3 amide bonds. The van der Waals surface area contributed by atoms with Crippen LogP contribution < -0.4 is 16.0 Å². The zero-order valence-electron chi connectivity index (χ0n) is 30.7. The highest BCUT2D eigenvalue weighted by Crippen LogP contribution is 2.40. The van der Waals surface area contributed by atoms with Gasteiger partial charge in [-0.05, 0) is 60.0 Å². The lowest BCUT2D eigenvalue weighted by Gasteiger charge is -2.39. The molecule has 0 radical (unpaired) electrons. The Hall–Kier alpha value is -5.28. The Bertz CT molecular complexity index is 2010. The lowest BCUT2D eigenvalue weighted by Crippen LogP contribution is -2.65. The standard InChI is InChI=1S/C38H44F4N6O6/c1-6-20(4)29(44-28(49)18-22-12-9-10-15-26(22)39)33(50)47-37(17-16-27-24(19-37)23-13-11-14-25(31(23)43-27)38(40,41)42)36(52)45-30(21(5)7-2)34-46-32(48-54-34)35(51)53-8-3/h9-15,20-21,29-30,43H,6-8,16-19H2,1-5H3,(H,44,49)(H,45,52)(H,47,50)/t20?,21-,29?,30?,37?/m0/s1. The van der Waals surface area contributed by atoms with E-state index in [1.165, 1.54) is 30.3 Å². The van der Waals surface area contributed by atoms with E-state index in [9.17, 15) is 36.7 Å². The van der Waals surface area contributed by atoms with Gasteiger partial charge in [0.05, 0.1) is 24.1 Å². The fourth-order valence-electron chi connectivity index (χ4n) is 6.72. The number of nitrogens with zero attached hydrogens (tertiary/aromatic N) is 2. The van der Waals surface area contributed by atoms with E-state index in [1.807, 2.05) is 20.8 Å². The topological polar surface area (TPSA) is 168 Å². The predicted molar refractivity (Wildman–Crippen MR) is 188 cm³/mol. The van der Waals surface area contributed by atoms with Gasteiger partial charge in [0.15, 0.2) is 0 Å². The maximum Gasteiger partial charge on any atom is 0.418 e. The number of alkyl halides is 3. The van der Waals surface area contributed by atoms with Crippen molar-refractivity contribution in [3.05, 3.63) is 82.4 Å². The molecule has 2 aromatic carbocycles. The summed E-state index contributed by atoms with van der Waals surface area (Å²) in [6.45, 7) is 8.92. The molecule has 5 atom stereocenters. The molecule has 4 N–H and O–H groups in total. The fourth-order valence-corrected chi connectivity index (χ4v) is 6.72. The second-order valence-corrected chi connectivity index (χ2v) is 13.8. The van der Waals surface area contributed by atoms with E-state index in [2.05, 4.69) is 31.1 Å². The number of aromatic amines is 1. The Morgan fingerprint density at radius 3 is 2.39 bits per heavy atom. The monoisotopic (exact) mass is 756 g/mol. The van der Waals surface area contributed by atoms with Crippen LogP contribution in [0.3, 0.4) is 0 Å². The number of hydrogen-bond donors (Lipinski definition) is 4. The van der Waals surface area contributed by atoms with Crippen LogP contribution in [0.4, 0.5) is 17.6 Å². The van der Waals surface area contributed by atoms with Crippen molar-refractivity contribution in [1.29, 1.82) is 0 Å². The Morgan fingerprint density at radius 1 is 1.00 bits per heavy atom. The molecule has 4 unspecified atom stereocenters. The molecular formula is C38H44F4N6O6. The third kappa shape index (κ3) is 8.42. The number of aryl methyl sites for hydroxylation is 1. The number of amides is 3. The molecule has 54 heavy (non-hydrogen) atoms. The molecule has 0 saturated carbocycles. The van der Waals surface area contributed by atoms with Crippen molar-refractivity contribution >= 4 is 34.6 Å². The van der Waals surface area contributed by atoms with Gasteiger partial charge in [-0.15, -0.1) is 0 Å². The number of esters is 1. The molecule has 290 valence electrons. The Balaban J connectivity index is 1.53. The molecule has 0 saturated heterocycles.